The number of nitrogens with zero attached hydrogens (tertiary/aromatic N) is 2. The molecule has 0 saturated heterocycles. The maximum atomic E-state index is 13.0. The molecule has 1 N–H and O–H groups in total. The van der Waals surface area contributed by atoms with Gasteiger partial charge in [-0.1, -0.05) is 24.4 Å². The van der Waals surface area contributed by atoms with Gasteiger partial charge >= 0.3 is 0 Å². The summed E-state index contributed by atoms with van der Waals surface area (Å²) < 4.78 is 0. The monoisotopic (exact) mass is 395 g/mol. The number of nitrogens with one attached hydrogen (secondary N) is 1. The summed E-state index contributed by atoms with van der Waals surface area (Å²) in [5, 5.41) is 3.10. The summed E-state index contributed by atoms with van der Waals surface area (Å²) in [6, 6.07) is 5.79. The van der Waals surface area contributed by atoms with Gasteiger partial charge in [-0.25, -0.2) is 0 Å². The van der Waals surface area contributed by atoms with Crippen LogP contribution >= 0.6 is 23.4 Å². The van der Waals surface area contributed by atoms with Crippen LogP contribution in [0.4, 0.5) is 5.69 Å². The number of halogens is 1. The zero-order valence-electron chi connectivity index (χ0n) is 15.3. The molecule has 1 atom stereocenters. The van der Waals surface area contributed by atoms with Crippen LogP contribution in [0, 0.1) is 0 Å². The number of benzene rings is 1. The van der Waals surface area contributed by atoms with Gasteiger partial charge in [-0.2, -0.15) is 0 Å². The van der Waals surface area contributed by atoms with Crippen LogP contribution in [-0.4, -0.2) is 60.1 Å². The van der Waals surface area contributed by atoms with Gasteiger partial charge in [-0.05, 0) is 45.1 Å². The fourth-order valence-electron chi connectivity index (χ4n) is 3.57. The minimum Gasteiger partial charge on any atom is -0.338 e. The van der Waals surface area contributed by atoms with E-state index in [2.05, 4.69) is 10.2 Å². The lowest BCUT2D eigenvalue weighted by atomic mass is 10.1. The molecule has 2 aliphatic rings. The average molecular weight is 396 g/mol. The molecule has 0 bridgehead atoms. The van der Waals surface area contributed by atoms with Crippen molar-refractivity contribution >= 4 is 40.9 Å². The molecule has 0 aromatic heterocycles. The Hall–Kier alpha value is -1.24. The van der Waals surface area contributed by atoms with Crippen LogP contribution in [0.3, 0.4) is 0 Å². The SMILES string of the molecule is CN(C)CCN(C(=O)CC1Sc2ccc(Cl)cc2NC1=O)C1CCCC1. The van der Waals surface area contributed by atoms with E-state index in [0.717, 1.165) is 36.5 Å². The third-order valence-electron chi connectivity index (χ3n) is 5.00. The highest BCUT2D eigenvalue weighted by atomic mass is 35.5. The van der Waals surface area contributed by atoms with Crippen molar-refractivity contribution in [3.05, 3.63) is 23.2 Å². The van der Waals surface area contributed by atoms with Crippen LogP contribution in [0.25, 0.3) is 0 Å². The van der Waals surface area contributed by atoms with Crippen molar-refractivity contribution in [2.24, 2.45) is 0 Å². The molecule has 0 radical (unpaired) electrons. The molecule has 1 aliphatic carbocycles. The highest BCUT2D eigenvalue weighted by Crippen LogP contribution is 2.38. The zero-order valence-corrected chi connectivity index (χ0v) is 16.9. The van der Waals surface area contributed by atoms with Crippen LogP contribution in [-0.2, 0) is 9.59 Å². The molecular weight excluding hydrogens is 370 g/mol. The number of rotatable bonds is 6. The topological polar surface area (TPSA) is 52.6 Å². The normalized spacial score (nSPS) is 20.2. The second kappa shape index (κ2) is 8.63. The van der Waals surface area contributed by atoms with E-state index in [9.17, 15) is 9.59 Å². The summed E-state index contributed by atoms with van der Waals surface area (Å²) in [6.45, 7) is 1.56. The summed E-state index contributed by atoms with van der Waals surface area (Å²) in [4.78, 5) is 30.5. The second-order valence-corrected chi connectivity index (χ2v) is 8.95. The van der Waals surface area contributed by atoms with Crippen LogP contribution in [0.1, 0.15) is 32.1 Å². The number of likely N-dealkylation sites (N-methyl/N-ethyl adjacent to an activating group) is 1. The number of carbonyl (C=O) groups is 2. The lowest BCUT2D eigenvalue weighted by Crippen LogP contribution is -2.45. The van der Waals surface area contributed by atoms with Gasteiger partial charge in [0.25, 0.3) is 0 Å². The number of fused-ring (bicyclic) bond motifs is 1. The number of hydrogen-bond acceptors (Lipinski definition) is 4. The third-order valence-corrected chi connectivity index (χ3v) is 6.51. The summed E-state index contributed by atoms with van der Waals surface area (Å²) >= 11 is 7.45. The molecule has 3 rings (SSSR count). The van der Waals surface area contributed by atoms with Gasteiger partial charge in [-0.15, -0.1) is 11.8 Å². The van der Waals surface area contributed by atoms with E-state index in [-0.39, 0.29) is 23.5 Å². The minimum atomic E-state index is -0.389. The molecule has 1 aliphatic heterocycles. The lowest BCUT2D eigenvalue weighted by molar-refractivity contribution is -0.134. The van der Waals surface area contributed by atoms with Crippen molar-refractivity contribution in [2.75, 3.05) is 32.5 Å². The molecule has 7 heteroatoms. The average Bonchev–Trinajstić information content (AvgIpc) is 3.10. The van der Waals surface area contributed by atoms with Gasteiger partial charge in [0, 0.05) is 35.5 Å². The van der Waals surface area contributed by atoms with E-state index in [0.29, 0.717) is 11.1 Å². The Labute approximate surface area is 164 Å². The van der Waals surface area contributed by atoms with Crippen molar-refractivity contribution in [1.82, 2.24) is 9.80 Å². The number of anilines is 1. The first-order valence-electron chi connectivity index (χ1n) is 9.15. The van der Waals surface area contributed by atoms with E-state index >= 15 is 0 Å². The Morgan fingerprint density at radius 2 is 2.00 bits per heavy atom. The molecular formula is C19H26ClN3O2S. The van der Waals surface area contributed by atoms with Gasteiger partial charge in [0.15, 0.2) is 0 Å². The molecule has 0 spiro atoms. The molecule has 142 valence electrons. The molecule has 2 amide bonds. The Morgan fingerprint density at radius 1 is 1.27 bits per heavy atom. The number of hydrogen-bond donors (Lipinski definition) is 1. The fraction of sp³-hybridized carbons (Fsp3) is 0.579. The molecule has 1 heterocycles. The third kappa shape index (κ3) is 4.72. The highest BCUT2D eigenvalue weighted by Gasteiger charge is 2.33. The quantitative estimate of drug-likeness (QED) is 0.801. The molecule has 1 saturated carbocycles. The second-order valence-electron chi connectivity index (χ2n) is 7.27. The Kier molecular flexibility index (Phi) is 6.48. The maximum absolute atomic E-state index is 13.0. The van der Waals surface area contributed by atoms with Gasteiger partial charge in [0.2, 0.25) is 11.8 Å². The summed E-state index contributed by atoms with van der Waals surface area (Å²) in [5.41, 5.74) is 0.733. The van der Waals surface area contributed by atoms with Crippen LogP contribution in [0.5, 0.6) is 0 Å². The van der Waals surface area contributed by atoms with E-state index in [4.69, 9.17) is 11.6 Å². The lowest BCUT2D eigenvalue weighted by Gasteiger charge is -2.32. The Morgan fingerprint density at radius 3 is 2.69 bits per heavy atom. The van der Waals surface area contributed by atoms with Crippen molar-refractivity contribution in [3.63, 3.8) is 0 Å². The summed E-state index contributed by atoms with van der Waals surface area (Å²) in [7, 11) is 4.04. The molecule has 1 unspecified atom stereocenters. The summed E-state index contributed by atoms with van der Waals surface area (Å²) in [5.74, 6) is -0.0269. The highest BCUT2D eigenvalue weighted by molar-refractivity contribution is 8.01. The minimum absolute atomic E-state index is 0.0869. The summed E-state index contributed by atoms with van der Waals surface area (Å²) in [6.07, 6.45) is 4.75. The maximum Gasteiger partial charge on any atom is 0.238 e. The van der Waals surface area contributed by atoms with Crippen molar-refractivity contribution in [3.8, 4) is 0 Å². The van der Waals surface area contributed by atoms with Gasteiger partial charge in [0.05, 0.1) is 10.9 Å². The van der Waals surface area contributed by atoms with E-state index in [1.165, 1.54) is 24.6 Å². The largest absolute Gasteiger partial charge is 0.338 e. The first-order valence-corrected chi connectivity index (χ1v) is 10.4. The van der Waals surface area contributed by atoms with Crippen molar-refractivity contribution in [1.29, 1.82) is 0 Å². The standard InChI is InChI=1S/C19H26ClN3O2S/c1-22(2)9-10-23(14-5-3-4-6-14)18(24)12-17-19(25)21-15-11-13(20)7-8-16(15)26-17/h7-8,11,14,17H,3-6,9-10,12H2,1-2H3,(H,21,25). The Balaban J connectivity index is 1.68. The number of amides is 2. The van der Waals surface area contributed by atoms with E-state index in [1.54, 1.807) is 6.07 Å². The molecule has 26 heavy (non-hydrogen) atoms. The van der Waals surface area contributed by atoms with Crippen molar-refractivity contribution in [2.45, 2.75) is 48.3 Å². The molecule has 1 aromatic rings. The number of carbonyl (C=O) groups excluding carboxylic acids is 2. The predicted molar refractivity (Wildman–Crippen MR) is 107 cm³/mol. The molecule has 5 nitrogen and oxygen atoms in total. The first kappa shape index (κ1) is 19.5. The van der Waals surface area contributed by atoms with Crippen LogP contribution in [0.2, 0.25) is 5.02 Å². The smallest absolute Gasteiger partial charge is 0.238 e. The fourth-order valence-corrected chi connectivity index (χ4v) is 4.82. The molecule has 1 aromatic carbocycles. The van der Waals surface area contributed by atoms with E-state index < -0.39 is 0 Å². The molecule has 1 fully saturated rings. The van der Waals surface area contributed by atoms with E-state index in [1.807, 2.05) is 31.1 Å². The van der Waals surface area contributed by atoms with Gasteiger partial charge < -0.3 is 15.1 Å². The first-order chi connectivity index (χ1) is 12.4. The van der Waals surface area contributed by atoms with Crippen molar-refractivity contribution < 1.29 is 9.59 Å². The zero-order chi connectivity index (χ0) is 18.7. The van der Waals surface area contributed by atoms with Gasteiger partial charge in [0.1, 0.15) is 0 Å². The predicted octanol–water partition coefficient (Wildman–Crippen LogP) is 3.48. The van der Waals surface area contributed by atoms with Gasteiger partial charge in [-0.3, -0.25) is 9.59 Å². The van der Waals surface area contributed by atoms with Crippen LogP contribution in [0.15, 0.2) is 23.1 Å². The van der Waals surface area contributed by atoms with Crippen LogP contribution < -0.4 is 5.32 Å². The number of thioether (sulfide) groups is 1. The Bertz CT molecular complexity index is 677.